The van der Waals surface area contributed by atoms with E-state index in [-0.39, 0.29) is 30.7 Å². The van der Waals surface area contributed by atoms with Crippen LogP contribution in [0.5, 0.6) is 0 Å². The number of benzene rings is 2. The molecule has 0 atom stereocenters. The SMILES string of the molecule is CN(C)C(=O)CCN1C(=O)c2cccc3c(N(C)C)ccc(c23)C1=O. The van der Waals surface area contributed by atoms with E-state index in [9.17, 15) is 14.4 Å². The summed E-state index contributed by atoms with van der Waals surface area (Å²) in [6.07, 6.45) is 0.117. The zero-order valence-electron chi connectivity index (χ0n) is 14.9. The van der Waals surface area contributed by atoms with Crippen molar-refractivity contribution in [1.29, 1.82) is 0 Å². The van der Waals surface area contributed by atoms with E-state index in [1.807, 2.05) is 37.2 Å². The topological polar surface area (TPSA) is 60.9 Å². The van der Waals surface area contributed by atoms with Crippen LogP contribution in [0.4, 0.5) is 5.69 Å². The zero-order chi connectivity index (χ0) is 18.3. The summed E-state index contributed by atoms with van der Waals surface area (Å²) in [4.78, 5) is 42.1. The van der Waals surface area contributed by atoms with Gasteiger partial charge in [0.05, 0.1) is 0 Å². The Hall–Kier alpha value is -2.89. The second-order valence-electron chi connectivity index (χ2n) is 6.55. The van der Waals surface area contributed by atoms with Gasteiger partial charge in [-0.15, -0.1) is 0 Å². The van der Waals surface area contributed by atoms with Gasteiger partial charge in [0, 0.05) is 68.7 Å². The van der Waals surface area contributed by atoms with Gasteiger partial charge in [-0.3, -0.25) is 19.3 Å². The first kappa shape index (κ1) is 17.0. The van der Waals surface area contributed by atoms with Crippen LogP contribution in [0.15, 0.2) is 30.3 Å². The van der Waals surface area contributed by atoms with Gasteiger partial charge in [-0.1, -0.05) is 12.1 Å². The fourth-order valence-electron chi connectivity index (χ4n) is 3.15. The molecule has 3 rings (SSSR count). The van der Waals surface area contributed by atoms with Gasteiger partial charge < -0.3 is 9.80 Å². The first-order chi connectivity index (χ1) is 11.8. The number of imide groups is 1. The van der Waals surface area contributed by atoms with Gasteiger partial charge in [-0.2, -0.15) is 0 Å². The smallest absolute Gasteiger partial charge is 0.261 e. The fourth-order valence-corrected chi connectivity index (χ4v) is 3.15. The second-order valence-corrected chi connectivity index (χ2v) is 6.55. The van der Waals surface area contributed by atoms with Crippen molar-refractivity contribution >= 4 is 34.2 Å². The molecule has 0 radical (unpaired) electrons. The molecule has 0 fully saturated rings. The lowest BCUT2D eigenvalue weighted by molar-refractivity contribution is -0.128. The third kappa shape index (κ3) is 2.73. The number of carbonyl (C=O) groups is 3. The van der Waals surface area contributed by atoms with Crippen molar-refractivity contribution in [2.45, 2.75) is 6.42 Å². The summed E-state index contributed by atoms with van der Waals surface area (Å²) >= 11 is 0. The molecule has 0 unspecified atom stereocenters. The molecule has 0 saturated carbocycles. The van der Waals surface area contributed by atoms with Gasteiger partial charge in [-0.25, -0.2) is 0 Å². The van der Waals surface area contributed by atoms with Crippen LogP contribution < -0.4 is 4.90 Å². The summed E-state index contributed by atoms with van der Waals surface area (Å²) < 4.78 is 0. The number of hydrogen-bond acceptors (Lipinski definition) is 4. The number of anilines is 1. The lowest BCUT2D eigenvalue weighted by Gasteiger charge is -2.28. The van der Waals surface area contributed by atoms with Crippen molar-refractivity contribution in [2.24, 2.45) is 0 Å². The highest BCUT2D eigenvalue weighted by Crippen LogP contribution is 2.35. The standard InChI is InChI=1S/C19H21N3O3/c1-20(2)15-9-8-14-17-12(15)6-5-7-13(17)18(24)22(19(14)25)11-10-16(23)21(3)4/h5-9H,10-11H2,1-4H3. The van der Waals surface area contributed by atoms with Gasteiger partial charge in [0.2, 0.25) is 5.91 Å². The molecule has 2 aromatic carbocycles. The van der Waals surface area contributed by atoms with Gasteiger partial charge in [-0.05, 0) is 18.2 Å². The molecule has 2 aromatic rings. The molecule has 0 bridgehead atoms. The normalized spacial score (nSPS) is 13.4. The zero-order valence-corrected chi connectivity index (χ0v) is 14.9. The van der Waals surface area contributed by atoms with E-state index in [4.69, 9.17) is 0 Å². The number of rotatable bonds is 4. The van der Waals surface area contributed by atoms with Crippen LogP contribution in [0.2, 0.25) is 0 Å². The first-order valence-electron chi connectivity index (χ1n) is 8.12. The Kier molecular flexibility index (Phi) is 4.20. The minimum Gasteiger partial charge on any atom is -0.377 e. The van der Waals surface area contributed by atoms with Gasteiger partial charge in [0.25, 0.3) is 11.8 Å². The Morgan fingerprint density at radius 2 is 1.60 bits per heavy atom. The van der Waals surface area contributed by atoms with Crippen LogP contribution in [0.3, 0.4) is 0 Å². The first-order valence-corrected chi connectivity index (χ1v) is 8.12. The highest BCUT2D eigenvalue weighted by molar-refractivity contribution is 6.26. The van der Waals surface area contributed by atoms with Crippen LogP contribution in [0.1, 0.15) is 27.1 Å². The van der Waals surface area contributed by atoms with Crippen LogP contribution in [-0.2, 0) is 4.79 Å². The predicted octanol–water partition coefficient (Wildman–Crippen LogP) is 1.98. The molecular formula is C19H21N3O3. The maximum atomic E-state index is 12.8. The maximum Gasteiger partial charge on any atom is 0.261 e. The van der Waals surface area contributed by atoms with Crippen LogP contribution >= 0.6 is 0 Å². The minimum atomic E-state index is -0.342. The minimum absolute atomic E-state index is 0.0833. The molecule has 1 aliphatic heterocycles. The van der Waals surface area contributed by atoms with Crippen LogP contribution in [0, 0.1) is 0 Å². The Labute approximate surface area is 146 Å². The predicted molar refractivity (Wildman–Crippen MR) is 97.0 cm³/mol. The van der Waals surface area contributed by atoms with Crippen molar-refractivity contribution in [2.75, 3.05) is 39.6 Å². The average Bonchev–Trinajstić information content (AvgIpc) is 2.58. The maximum absolute atomic E-state index is 12.8. The molecule has 0 saturated heterocycles. The van der Waals surface area contributed by atoms with Crippen molar-refractivity contribution in [3.63, 3.8) is 0 Å². The summed E-state index contributed by atoms with van der Waals surface area (Å²) in [5, 5.41) is 1.57. The summed E-state index contributed by atoms with van der Waals surface area (Å²) in [5.41, 5.74) is 1.97. The van der Waals surface area contributed by atoms with Crippen molar-refractivity contribution in [3.8, 4) is 0 Å². The van der Waals surface area contributed by atoms with E-state index in [2.05, 4.69) is 0 Å². The van der Waals surface area contributed by atoms with Gasteiger partial charge >= 0.3 is 0 Å². The summed E-state index contributed by atoms with van der Waals surface area (Å²) in [5.74, 6) is -0.802. The second kappa shape index (κ2) is 6.20. The Balaban J connectivity index is 2.06. The molecule has 0 spiro atoms. The monoisotopic (exact) mass is 339 g/mol. The third-order valence-corrected chi connectivity index (χ3v) is 4.50. The van der Waals surface area contributed by atoms with E-state index in [0.29, 0.717) is 16.5 Å². The highest BCUT2D eigenvalue weighted by atomic mass is 16.2. The van der Waals surface area contributed by atoms with E-state index in [0.717, 1.165) is 11.1 Å². The number of amides is 3. The molecule has 25 heavy (non-hydrogen) atoms. The van der Waals surface area contributed by atoms with Crippen LogP contribution in [-0.4, -0.2) is 62.3 Å². The molecule has 0 N–H and O–H groups in total. The number of nitrogens with zero attached hydrogens (tertiary/aromatic N) is 3. The van der Waals surface area contributed by atoms with Crippen molar-refractivity contribution in [1.82, 2.24) is 9.80 Å². The molecule has 1 heterocycles. The lowest BCUT2D eigenvalue weighted by atomic mass is 9.92. The Bertz CT molecular complexity index is 865. The molecule has 6 heteroatoms. The largest absolute Gasteiger partial charge is 0.377 e. The van der Waals surface area contributed by atoms with E-state index in [1.165, 1.54) is 9.80 Å². The Morgan fingerprint density at radius 3 is 2.20 bits per heavy atom. The summed E-state index contributed by atoms with van der Waals surface area (Å²) in [6, 6.07) is 9.13. The Morgan fingerprint density at radius 1 is 0.960 bits per heavy atom. The van der Waals surface area contributed by atoms with Crippen LogP contribution in [0.25, 0.3) is 10.8 Å². The van der Waals surface area contributed by atoms with E-state index < -0.39 is 0 Å². The van der Waals surface area contributed by atoms with E-state index >= 15 is 0 Å². The highest BCUT2D eigenvalue weighted by Gasteiger charge is 2.33. The van der Waals surface area contributed by atoms with Gasteiger partial charge in [0.15, 0.2) is 0 Å². The molecule has 0 aliphatic carbocycles. The average molecular weight is 339 g/mol. The molecule has 6 nitrogen and oxygen atoms in total. The molecule has 3 amide bonds. The molecule has 0 aromatic heterocycles. The fraction of sp³-hybridized carbons (Fsp3) is 0.316. The van der Waals surface area contributed by atoms with E-state index in [1.54, 1.807) is 26.2 Å². The number of carbonyl (C=O) groups excluding carboxylic acids is 3. The number of hydrogen-bond donors (Lipinski definition) is 0. The van der Waals surface area contributed by atoms with Crippen molar-refractivity contribution < 1.29 is 14.4 Å². The van der Waals surface area contributed by atoms with Gasteiger partial charge in [0.1, 0.15) is 0 Å². The summed E-state index contributed by atoms with van der Waals surface area (Å²) in [6.45, 7) is 0.0833. The third-order valence-electron chi connectivity index (χ3n) is 4.50. The summed E-state index contributed by atoms with van der Waals surface area (Å²) in [7, 11) is 7.16. The molecule has 130 valence electrons. The quantitative estimate of drug-likeness (QED) is 0.799. The van der Waals surface area contributed by atoms with Crippen molar-refractivity contribution in [3.05, 3.63) is 41.5 Å². The molecule has 1 aliphatic rings. The lowest BCUT2D eigenvalue weighted by Crippen LogP contribution is -2.42. The molecular weight excluding hydrogens is 318 g/mol.